The molecule has 1 heterocycles. The maximum atomic E-state index is 14.2. The largest absolute Gasteiger partial charge is 0.387 e. The van der Waals surface area contributed by atoms with Crippen molar-refractivity contribution in [3.63, 3.8) is 0 Å². The summed E-state index contributed by atoms with van der Waals surface area (Å²) in [5.74, 6) is -2.04. The van der Waals surface area contributed by atoms with E-state index >= 15 is 0 Å². The number of hydrogen-bond acceptors (Lipinski definition) is 3. The minimum absolute atomic E-state index is 0.0326. The third-order valence-electron chi connectivity index (χ3n) is 4.10. The van der Waals surface area contributed by atoms with Crippen molar-refractivity contribution in [2.75, 3.05) is 4.90 Å². The zero-order chi connectivity index (χ0) is 19.6. The molecule has 0 radical (unpaired) electrons. The Labute approximate surface area is 156 Å². The molecule has 2 amide bonds. The Hall–Kier alpha value is -2.28. The molecule has 1 aliphatic rings. The van der Waals surface area contributed by atoms with Crippen LogP contribution in [-0.4, -0.2) is 29.5 Å². The van der Waals surface area contributed by atoms with Gasteiger partial charge in [0.05, 0.1) is 12.1 Å². The molecule has 1 fully saturated rings. The summed E-state index contributed by atoms with van der Waals surface area (Å²) in [6.45, 7) is 5.22. The summed E-state index contributed by atoms with van der Waals surface area (Å²) in [5.41, 5.74) is 5.08. The predicted octanol–water partition coefficient (Wildman–Crippen LogP) is 2.86. The van der Waals surface area contributed by atoms with E-state index in [-0.39, 0.29) is 47.5 Å². The van der Waals surface area contributed by atoms with E-state index in [2.05, 4.69) is 4.99 Å². The van der Waals surface area contributed by atoms with Crippen molar-refractivity contribution >= 4 is 40.7 Å². The molecule has 26 heavy (non-hydrogen) atoms. The summed E-state index contributed by atoms with van der Waals surface area (Å²) in [6.07, 6.45) is 0.129. The van der Waals surface area contributed by atoms with Gasteiger partial charge < -0.3 is 5.73 Å². The summed E-state index contributed by atoms with van der Waals surface area (Å²) in [5, 5.41) is 0.184. The molecule has 1 unspecified atom stereocenters. The number of nitrogens with zero attached hydrogens (tertiary/aromatic N) is 2. The molecular weight excluding hydrogens is 361 g/mol. The summed E-state index contributed by atoms with van der Waals surface area (Å²) in [7, 11) is 0. The van der Waals surface area contributed by atoms with Gasteiger partial charge in [-0.25, -0.2) is 4.39 Å². The Bertz CT molecular complexity index is 786. The molecule has 0 aliphatic carbocycles. The van der Waals surface area contributed by atoms with Gasteiger partial charge in [0, 0.05) is 16.9 Å². The van der Waals surface area contributed by atoms with Crippen LogP contribution in [0.4, 0.5) is 10.1 Å². The zero-order valence-electron chi connectivity index (χ0n) is 14.9. The molecule has 0 spiro atoms. The van der Waals surface area contributed by atoms with Crippen LogP contribution in [0, 0.1) is 11.2 Å². The van der Waals surface area contributed by atoms with Crippen LogP contribution < -0.4 is 10.6 Å². The number of amides is 2. The number of benzene rings is 1. The van der Waals surface area contributed by atoms with Crippen LogP contribution >= 0.6 is 11.6 Å². The summed E-state index contributed by atoms with van der Waals surface area (Å²) >= 11 is 5.73. The monoisotopic (exact) mass is 381 g/mol. The van der Waals surface area contributed by atoms with Gasteiger partial charge in [-0.1, -0.05) is 32.4 Å². The lowest BCUT2D eigenvalue weighted by Gasteiger charge is -2.23. The van der Waals surface area contributed by atoms with Gasteiger partial charge in [-0.3, -0.25) is 19.3 Å². The Morgan fingerprint density at radius 2 is 2.04 bits per heavy atom. The maximum Gasteiger partial charge on any atom is 0.270 e. The number of ketones is 1. The van der Waals surface area contributed by atoms with Crippen LogP contribution in [-0.2, 0) is 14.4 Å². The van der Waals surface area contributed by atoms with Crippen molar-refractivity contribution in [2.45, 2.75) is 46.1 Å². The normalized spacial score (nSPS) is 18.3. The molecule has 6 nitrogen and oxygen atoms in total. The van der Waals surface area contributed by atoms with Gasteiger partial charge >= 0.3 is 0 Å². The molecule has 1 aromatic carbocycles. The van der Waals surface area contributed by atoms with E-state index in [0.29, 0.717) is 0 Å². The average Bonchev–Trinajstić information content (AvgIpc) is 2.88. The lowest BCUT2D eigenvalue weighted by Crippen LogP contribution is -2.39. The number of aliphatic imine (C=N–C) groups is 1. The lowest BCUT2D eigenvalue weighted by molar-refractivity contribution is -0.125. The van der Waals surface area contributed by atoms with E-state index in [0.717, 1.165) is 11.0 Å². The topological polar surface area (TPSA) is 92.8 Å². The molecule has 0 saturated carbocycles. The minimum Gasteiger partial charge on any atom is -0.387 e. The number of Topliss-reactive ketones (excluding diaryl/α,β-unsaturated/α-hetero) is 1. The number of halogens is 2. The van der Waals surface area contributed by atoms with E-state index in [1.54, 1.807) is 20.8 Å². The van der Waals surface area contributed by atoms with Crippen LogP contribution in [0.1, 0.15) is 40.0 Å². The van der Waals surface area contributed by atoms with Crippen molar-refractivity contribution in [3.8, 4) is 0 Å². The summed E-state index contributed by atoms with van der Waals surface area (Å²) in [4.78, 5) is 41.5. The van der Waals surface area contributed by atoms with Gasteiger partial charge in [-0.15, -0.1) is 0 Å². The molecule has 140 valence electrons. The van der Waals surface area contributed by atoms with Gasteiger partial charge in [0.25, 0.3) is 5.91 Å². The van der Waals surface area contributed by atoms with Gasteiger partial charge in [0.2, 0.25) is 5.91 Å². The van der Waals surface area contributed by atoms with E-state index in [4.69, 9.17) is 17.3 Å². The fourth-order valence-electron chi connectivity index (χ4n) is 2.58. The second-order valence-electron chi connectivity index (χ2n) is 7.21. The smallest absolute Gasteiger partial charge is 0.270 e. The second-order valence-corrected chi connectivity index (χ2v) is 7.64. The summed E-state index contributed by atoms with van der Waals surface area (Å²) in [6, 6.07) is 2.90. The lowest BCUT2D eigenvalue weighted by atomic mass is 9.89. The fourth-order valence-corrected chi connectivity index (χ4v) is 2.74. The van der Waals surface area contributed by atoms with E-state index in [1.807, 2.05) is 0 Å². The Morgan fingerprint density at radius 3 is 2.62 bits per heavy atom. The molecule has 2 N–H and O–H groups in total. The highest BCUT2D eigenvalue weighted by Crippen LogP contribution is 2.31. The first-order chi connectivity index (χ1) is 12.0. The number of carbonyl (C=O) groups is 3. The number of nitrogens with two attached hydrogens (primary N) is 1. The molecule has 2 rings (SSSR count). The molecule has 1 aromatic rings. The Balaban J connectivity index is 2.23. The van der Waals surface area contributed by atoms with Crippen LogP contribution in [0.25, 0.3) is 0 Å². The number of amidine groups is 1. The first kappa shape index (κ1) is 20.0. The summed E-state index contributed by atoms with van der Waals surface area (Å²) < 4.78 is 14.2. The Morgan fingerprint density at radius 1 is 1.38 bits per heavy atom. The molecule has 0 bridgehead atoms. The molecule has 8 heteroatoms. The van der Waals surface area contributed by atoms with Gasteiger partial charge in [0.15, 0.2) is 0 Å². The minimum atomic E-state index is -0.957. The first-order valence-corrected chi connectivity index (χ1v) is 8.56. The van der Waals surface area contributed by atoms with E-state index in [1.165, 1.54) is 12.1 Å². The third kappa shape index (κ3) is 4.46. The van der Waals surface area contributed by atoms with Gasteiger partial charge in [0.1, 0.15) is 23.5 Å². The zero-order valence-corrected chi connectivity index (χ0v) is 15.6. The average molecular weight is 382 g/mol. The van der Waals surface area contributed by atoms with Crippen molar-refractivity contribution < 1.29 is 18.8 Å². The number of hydrogen-bond donors (Lipinski definition) is 1. The predicted molar refractivity (Wildman–Crippen MR) is 97.6 cm³/mol. The number of rotatable bonds is 4. The molecule has 0 aromatic heterocycles. The fraction of sp³-hybridized carbons (Fsp3) is 0.444. The van der Waals surface area contributed by atoms with Crippen LogP contribution in [0.5, 0.6) is 0 Å². The van der Waals surface area contributed by atoms with Crippen molar-refractivity contribution in [1.29, 1.82) is 0 Å². The van der Waals surface area contributed by atoms with Gasteiger partial charge in [-0.2, -0.15) is 4.99 Å². The van der Waals surface area contributed by atoms with Crippen molar-refractivity contribution in [3.05, 3.63) is 29.0 Å². The maximum absolute atomic E-state index is 14.2. The highest BCUT2D eigenvalue weighted by atomic mass is 35.5. The SMILES string of the molecule is CC(C)(C)C(=O)CC(N)=NC(=O)C1CCC(=O)N1c1ccc(Cl)cc1F. The molecular formula is C18H21ClFN3O3. The van der Waals surface area contributed by atoms with Crippen LogP contribution in [0.15, 0.2) is 23.2 Å². The van der Waals surface area contributed by atoms with Gasteiger partial charge in [-0.05, 0) is 24.6 Å². The van der Waals surface area contributed by atoms with Crippen LogP contribution in [0.3, 0.4) is 0 Å². The highest BCUT2D eigenvalue weighted by Gasteiger charge is 2.38. The van der Waals surface area contributed by atoms with Crippen molar-refractivity contribution in [1.82, 2.24) is 0 Å². The van der Waals surface area contributed by atoms with E-state index < -0.39 is 23.2 Å². The second kappa shape index (κ2) is 7.53. The number of carbonyl (C=O) groups excluding carboxylic acids is 3. The standard InChI is InChI=1S/C18H21ClFN3O3/c1-18(2,3)14(24)9-15(21)22-17(26)13-6-7-16(25)23(13)12-5-4-10(19)8-11(12)20/h4-5,8,13H,6-7,9H2,1-3H3,(H2,21,22,26). The highest BCUT2D eigenvalue weighted by molar-refractivity contribution is 6.30. The third-order valence-corrected chi connectivity index (χ3v) is 4.33. The first-order valence-electron chi connectivity index (χ1n) is 8.18. The quantitative estimate of drug-likeness (QED) is 0.641. The molecule has 1 saturated heterocycles. The van der Waals surface area contributed by atoms with E-state index in [9.17, 15) is 18.8 Å². The Kier molecular flexibility index (Phi) is 5.81. The van der Waals surface area contributed by atoms with Crippen molar-refractivity contribution in [2.24, 2.45) is 16.1 Å². The van der Waals surface area contributed by atoms with Crippen LogP contribution in [0.2, 0.25) is 5.02 Å². The number of anilines is 1. The molecule has 1 atom stereocenters. The molecule has 1 aliphatic heterocycles.